The van der Waals surface area contributed by atoms with Crippen molar-refractivity contribution in [1.82, 2.24) is 0 Å². The van der Waals surface area contributed by atoms with Crippen molar-refractivity contribution in [2.45, 2.75) is 6.10 Å². The van der Waals surface area contributed by atoms with Gasteiger partial charge in [0, 0.05) is 5.56 Å². The summed E-state index contributed by atoms with van der Waals surface area (Å²) in [4.78, 5) is 11.5. The Morgan fingerprint density at radius 3 is 2.59 bits per heavy atom. The lowest BCUT2D eigenvalue weighted by atomic mass is 9.96. The van der Waals surface area contributed by atoms with Gasteiger partial charge in [-0.2, -0.15) is 0 Å². The number of hydrogen-bond acceptors (Lipinski definition) is 2. The van der Waals surface area contributed by atoms with Gasteiger partial charge in [-0.25, -0.2) is 9.18 Å². The predicted molar refractivity (Wildman–Crippen MR) is 81.8 cm³/mol. The first-order valence-electron chi connectivity index (χ1n) is 6.32. The number of ether oxygens (including phenoxy) is 1. The van der Waals surface area contributed by atoms with Gasteiger partial charge in [0.25, 0.3) is 0 Å². The topological polar surface area (TPSA) is 46.5 Å². The van der Waals surface area contributed by atoms with E-state index in [-0.39, 0.29) is 5.57 Å². The molecule has 0 fully saturated rings. The van der Waals surface area contributed by atoms with Gasteiger partial charge in [0.05, 0.1) is 15.6 Å². The van der Waals surface area contributed by atoms with Crippen LogP contribution in [0.4, 0.5) is 4.39 Å². The van der Waals surface area contributed by atoms with Crippen LogP contribution in [0, 0.1) is 5.82 Å². The quantitative estimate of drug-likeness (QED) is 0.860. The van der Waals surface area contributed by atoms with Gasteiger partial charge in [-0.3, -0.25) is 0 Å². The molecule has 0 saturated heterocycles. The summed E-state index contributed by atoms with van der Waals surface area (Å²) in [7, 11) is 0. The van der Waals surface area contributed by atoms with E-state index < -0.39 is 17.9 Å². The Morgan fingerprint density at radius 1 is 1.14 bits per heavy atom. The van der Waals surface area contributed by atoms with E-state index in [1.54, 1.807) is 18.2 Å². The minimum absolute atomic E-state index is 0.00325. The summed E-state index contributed by atoms with van der Waals surface area (Å²) in [5, 5.41) is 10.1. The number of aliphatic carboxylic acids is 1. The highest BCUT2D eigenvalue weighted by molar-refractivity contribution is 6.42. The highest BCUT2D eigenvalue weighted by atomic mass is 35.5. The van der Waals surface area contributed by atoms with Crippen molar-refractivity contribution in [3.63, 3.8) is 0 Å². The van der Waals surface area contributed by atoms with Crippen LogP contribution in [0.5, 0.6) is 5.75 Å². The molecule has 112 valence electrons. The molecule has 0 aliphatic carbocycles. The standard InChI is InChI=1S/C16H9Cl2FO3/c17-12-3-1-8(7-13(12)18)15-11(16(20)21)6-9-5-10(19)2-4-14(9)22-15/h1-7,15H,(H,20,21). The van der Waals surface area contributed by atoms with E-state index in [1.165, 1.54) is 24.3 Å². The highest BCUT2D eigenvalue weighted by Gasteiger charge is 2.29. The zero-order valence-corrected chi connectivity index (χ0v) is 12.5. The first-order valence-corrected chi connectivity index (χ1v) is 7.07. The second-order valence-corrected chi connectivity index (χ2v) is 5.57. The van der Waals surface area contributed by atoms with Crippen LogP contribution in [-0.2, 0) is 4.79 Å². The Morgan fingerprint density at radius 2 is 1.91 bits per heavy atom. The number of halogens is 3. The van der Waals surface area contributed by atoms with E-state index in [0.717, 1.165) is 0 Å². The summed E-state index contributed by atoms with van der Waals surface area (Å²) in [6, 6.07) is 8.71. The molecule has 1 aliphatic rings. The van der Waals surface area contributed by atoms with E-state index in [2.05, 4.69) is 0 Å². The third-order valence-corrected chi connectivity index (χ3v) is 4.04. The molecule has 0 amide bonds. The van der Waals surface area contributed by atoms with Gasteiger partial charge in [-0.15, -0.1) is 0 Å². The predicted octanol–water partition coefficient (Wildman–Crippen LogP) is 4.73. The van der Waals surface area contributed by atoms with E-state index in [0.29, 0.717) is 26.9 Å². The number of rotatable bonds is 2. The third-order valence-electron chi connectivity index (χ3n) is 3.30. The van der Waals surface area contributed by atoms with Crippen LogP contribution in [0.2, 0.25) is 10.0 Å². The number of carboxylic acids is 1. The van der Waals surface area contributed by atoms with Crippen molar-refractivity contribution in [2.24, 2.45) is 0 Å². The highest BCUT2D eigenvalue weighted by Crippen LogP contribution is 2.39. The van der Waals surface area contributed by atoms with Crippen LogP contribution in [0.3, 0.4) is 0 Å². The normalized spacial score (nSPS) is 16.5. The van der Waals surface area contributed by atoms with Gasteiger partial charge in [-0.1, -0.05) is 29.3 Å². The van der Waals surface area contributed by atoms with Crippen LogP contribution >= 0.6 is 23.2 Å². The van der Waals surface area contributed by atoms with Crippen molar-refractivity contribution in [3.8, 4) is 5.75 Å². The molecule has 0 spiro atoms. The largest absolute Gasteiger partial charge is 0.480 e. The lowest BCUT2D eigenvalue weighted by molar-refractivity contribution is -0.133. The van der Waals surface area contributed by atoms with Crippen LogP contribution in [0.25, 0.3) is 6.08 Å². The monoisotopic (exact) mass is 338 g/mol. The molecule has 1 aliphatic heterocycles. The van der Waals surface area contributed by atoms with Crippen LogP contribution in [0.15, 0.2) is 42.0 Å². The van der Waals surface area contributed by atoms with Gasteiger partial charge in [-0.05, 0) is 42.0 Å². The van der Waals surface area contributed by atoms with Crippen LogP contribution in [0.1, 0.15) is 17.2 Å². The SMILES string of the molecule is O=C(O)C1=Cc2cc(F)ccc2OC1c1ccc(Cl)c(Cl)c1. The van der Waals surface area contributed by atoms with E-state index in [4.69, 9.17) is 27.9 Å². The maximum absolute atomic E-state index is 13.3. The number of fused-ring (bicyclic) bond motifs is 1. The second kappa shape index (κ2) is 5.63. The molecule has 0 bridgehead atoms. The molecule has 1 atom stereocenters. The van der Waals surface area contributed by atoms with Gasteiger partial charge in [0.1, 0.15) is 11.6 Å². The lowest BCUT2D eigenvalue weighted by Crippen LogP contribution is -2.20. The fourth-order valence-corrected chi connectivity index (χ4v) is 2.58. The molecule has 0 saturated carbocycles. The van der Waals surface area contributed by atoms with Crippen molar-refractivity contribution in [3.05, 3.63) is 69.0 Å². The molecular weight excluding hydrogens is 330 g/mol. The number of hydrogen-bond donors (Lipinski definition) is 1. The van der Waals surface area contributed by atoms with E-state index in [9.17, 15) is 14.3 Å². The molecular formula is C16H9Cl2FO3. The molecule has 3 rings (SSSR count). The molecule has 2 aromatic rings. The minimum Gasteiger partial charge on any atom is -0.480 e. The molecule has 22 heavy (non-hydrogen) atoms. The van der Waals surface area contributed by atoms with Crippen molar-refractivity contribution >= 4 is 35.2 Å². The smallest absolute Gasteiger partial charge is 0.335 e. The van der Waals surface area contributed by atoms with Crippen molar-refractivity contribution < 1.29 is 19.0 Å². The van der Waals surface area contributed by atoms with Gasteiger partial charge >= 0.3 is 5.97 Å². The molecule has 6 heteroatoms. The second-order valence-electron chi connectivity index (χ2n) is 4.76. The molecule has 1 unspecified atom stereocenters. The summed E-state index contributed by atoms with van der Waals surface area (Å²) in [6.45, 7) is 0. The molecule has 2 aromatic carbocycles. The first-order chi connectivity index (χ1) is 10.5. The van der Waals surface area contributed by atoms with Crippen LogP contribution in [-0.4, -0.2) is 11.1 Å². The van der Waals surface area contributed by atoms with E-state index >= 15 is 0 Å². The number of carbonyl (C=O) groups is 1. The maximum atomic E-state index is 13.3. The minimum atomic E-state index is -1.15. The Kier molecular flexibility index (Phi) is 3.81. The third kappa shape index (κ3) is 2.67. The zero-order valence-electron chi connectivity index (χ0n) is 11.0. The molecule has 3 nitrogen and oxygen atoms in total. The lowest BCUT2D eigenvalue weighted by Gasteiger charge is -2.26. The summed E-state index contributed by atoms with van der Waals surface area (Å²) in [6.07, 6.45) is 0.558. The molecule has 0 radical (unpaired) electrons. The molecule has 1 heterocycles. The first kappa shape index (κ1) is 14.9. The summed E-state index contributed by atoms with van der Waals surface area (Å²) >= 11 is 11.8. The van der Waals surface area contributed by atoms with Crippen LogP contribution < -0.4 is 4.74 Å². The summed E-state index contributed by atoms with van der Waals surface area (Å²) in [5.41, 5.74) is 0.934. The Bertz CT molecular complexity index is 802. The zero-order chi connectivity index (χ0) is 15.9. The van der Waals surface area contributed by atoms with E-state index in [1.807, 2.05) is 0 Å². The molecule has 0 aromatic heterocycles. The average Bonchev–Trinajstić information content (AvgIpc) is 2.48. The van der Waals surface area contributed by atoms with Crippen molar-refractivity contribution in [2.75, 3.05) is 0 Å². The number of benzene rings is 2. The van der Waals surface area contributed by atoms with Gasteiger partial charge < -0.3 is 9.84 Å². The Balaban J connectivity index is 2.10. The van der Waals surface area contributed by atoms with Crippen molar-refractivity contribution in [1.29, 1.82) is 0 Å². The van der Waals surface area contributed by atoms with Gasteiger partial charge in [0.15, 0.2) is 6.10 Å². The summed E-state index contributed by atoms with van der Waals surface area (Å²) in [5.74, 6) is -1.20. The Labute approximate surface area is 135 Å². The fourth-order valence-electron chi connectivity index (χ4n) is 2.27. The summed E-state index contributed by atoms with van der Waals surface area (Å²) < 4.78 is 19.0. The number of carboxylic acid groups (broad SMARTS) is 1. The van der Waals surface area contributed by atoms with Gasteiger partial charge in [0.2, 0.25) is 0 Å². The average molecular weight is 339 g/mol. The maximum Gasteiger partial charge on any atom is 0.335 e. The molecule has 1 N–H and O–H groups in total. The Hall–Kier alpha value is -2.04. The fraction of sp³-hybridized carbons (Fsp3) is 0.0625.